The number of methoxy groups -OCH3 is 1. The van der Waals surface area contributed by atoms with E-state index in [-0.39, 0.29) is 17.3 Å². The Hall–Kier alpha value is -2.64. The zero-order chi connectivity index (χ0) is 18.7. The number of hydrogen-bond acceptors (Lipinski definition) is 5. The Morgan fingerprint density at radius 3 is 2.77 bits per heavy atom. The molecule has 0 bridgehead atoms. The van der Waals surface area contributed by atoms with Crippen molar-refractivity contribution >= 4 is 29.3 Å². The van der Waals surface area contributed by atoms with Crippen LogP contribution in [0, 0.1) is 0 Å². The summed E-state index contributed by atoms with van der Waals surface area (Å²) in [5.74, 6) is -0.643. The molecule has 0 fully saturated rings. The van der Waals surface area contributed by atoms with Gasteiger partial charge in [-0.25, -0.2) is 9.48 Å². The van der Waals surface area contributed by atoms with Crippen molar-refractivity contribution in [2.45, 2.75) is 16.3 Å². The molecule has 26 heavy (non-hydrogen) atoms. The first kappa shape index (κ1) is 18.2. The first-order chi connectivity index (χ1) is 12.5. The smallest absolute Gasteiger partial charge is 0.337 e. The van der Waals surface area contributed by atoms with Gasteiger partial charge in [-0.2, -0.15) is 0 Å². The van der Waals surface area contributed by atoms with Crippen LogP contribution < -0.4 is 5.56 Å². The second-order valence-electron chi connectivity index (χ2n) is 5.40. The number of aromatic hydroxyl groups is 1. The molecule has 2 aromatic carbocycles. The van der Waals surface area contributed by atoms with Crippen molar-refractivity contribution in [1.29, 1.82) is 0 Å². The first-order valence-electron chi connectivity index (χ1n) is 7.61. The average Bonchev–Trinajstić information content (AvgIpc) is 2.90. The molecule has 3 rings (SSSR count). The molecule has 1 aromatic heterocycles. The van der Waals surface area contributed by atoms with Gasteiger partial charge in [0.05, 0.1) is 24.2 Å². The van der Waals surface area contributed by atoms with E-state index in [9.17, 15) is 14.7 Å². The minimum Gasteiger partial charge on any atom is -0.493 e. The highest BCUT2D eigenvalue weighted by atomic mass is 35.5. The summed E-state index contributed by atoms with van der Waals surface area (Å²) in [7, 11) is 1.31. The van der Waals surface area contributed by atoms with Crippen molar-refractivity contribution in [3.63, 3.8) is 0 Å². The van der Waals surface area contributed by atoms with Crippen molar-refractivity contribution in [1.82, 2.24) is 9.78 Å². The number of hydrogen-bond donors (Lipinski definition) is 2. The minimum absolute atomic E-state index is 0.155. The second-order valence-corrected chi connectivity index (χ2v) is 6.86. The number of aromatic amines is 1. The van der Waals surface area contributed by atoms with Crippen LogP contribution in [0.15, 0.2) is 63.1 Å². The molecule has 8 heteroatoms. The normalized spacial score (nSPS) is 10.7. The van der Waals surface area contributed by atoms with Gasteiger partial charge in [0, 0.05) is 4.90 Å². The molecule has 3 aromatic rings. The highest BCUT2D eigenvalue weighted by Crippen LogP contribution is 2.35. The third kappa shape index (κ3) is 3.79. The van der Waals surface area contributed by atoms with E-state index in [1.165, 1.54) is 11.8 Å². The summed E-state index contributed by atoms with van der Waals surface area (Å²) in [6.45, 7) is 0.189. The van der Waals surface area contributed by atoms with Crippen molar-refractivity contribution < 1.29 is 14.6 Å². The number of rotatable bonds is 5. The van der Waals surface area contributed by atoms with Crippen LogP contribution in [-0.4, -0.2) is 28.0 Å². The van der Waals surface area contributed by atoms with Crippen molar-refractivity contribution in [2.24, 2.45) is 0 Å². The van der Waals surface area contributed by atoms with Crippen LogP contribution in [0.1, 0.15) is 15.9 Å². The van der Waals surface area contributed by atoms with E-state index in [0.717, 1.165) is 17.3 Å². The molecule has 0 aliphatic heterocycles. The lowest BCUT2D eigenvalue weighted by Gasteiger charge is -2.07. The topological polar surface area (TPSA) is 84.3 Å². The average molecular weight is 391 g/mol. The van der Waals surface area contributed by atoms with E-state index in [4.69, 9.17) is 16.3 Å². The molecule has 0 saturated heterocycles. The maximum absolute atomic E-state index is 12.2. The maximum atomic E-state index is 12.2. The molecule has 0 aliphatic rings. The lowest BCUT2D eigenvalue weighted by molar-refractivity contribution is 0.0600. The predicted molar refractivity (Wildman–Crippen MR) is 99.2 cm³/mol. The van der Waals surface area contributed by atoms with Crippen LogP contribution >= 0.6 is 23.4 Å². The van der Waals surface area contributed by atoms with Gasteiger partial charge in [0.15, 0.2) is 0 Å². The lowest BCUT2D eigenvalue weighted by Crippen LogP contribution is -2.08. The summed E-state index contributed by atoms with van der Waals surface area (Å²) in [6, 6.07) is 13.8. The van der Waals surface area contributed by atoms with Crippen LogP contribution in [0.25, 0.3) is 0 Å². The Labute approximate surface area is 158 Å². The SMILES string of the molecule is COC(=O)c1cccc(Cn2[nH]c(=O)c(Sc3ccccc3Cl)c2O)c1. The van der Waals surface area contributed by atoms with Crippen molar-refractivity contribution in [3.05, 3.63) is 75.0 Å². The Balaban J connectivity index is 1.88. The number of ether oxygens (including phenoxy) is 1. The van der Waals surface area contributed by atoms with E-state index < -0.39 is 11.5 Å². The highest BCUT2D eigenvalue weighted by molar-refractivity contribution is 7.99. The van der Waals surface area contributed by atoms with Crippen molar-refractivity contribution in [2.75, 3.05) is 7.11 Å². The maximum Gasteiger partial charge on any atom is 0.337 e. The van der Waals surface area contributed by atoms with Crippen LogP contribution in [0.2, 0.25) is 5.02 Å². The van der Waals surface area contributed by atoms with Gasteiger partial charge in [-0.05, 0) is 29.8 Å². The number of H-pyrrole nitrogens is 1. The summed E-state index contributed by atoms with van der Waals surface area (Å²) in [4.78, 5) is 24.7. The Morgan fingerprint density at radius 2 is 2.04 bits per heavy atom. The van der Waals surface area contributed by atoms with Gasteiger partial charge in [-0.3, -0.25) is 9.89 Å². The van der Waals surface area contributed by atoms with Gasteiger partial charge in [-0.15, -0.1) is 0 Å². The number of halogens is 1. The molecule has 1 heterocycles. The van der Waals surface area contributed by atoms with Gasteiger partial charge >= 0.3 is 5.97 Å². The van der Waals surface area contributed by atoms with E-state index >= 15 is 0 Å². The molecule has 0 amide bonds. The second kappa shape index (κ2) is 7.72. The van der Waals surface area contributed by atoms with E-state index in [1.807, 2.05) is 0 Å². The summed E-state index contributed by atoms with van der Waals surface area (Å²) < 4.78 is 6.01. The summed E-state index contributed by atoms with van der Waals surface area (Å²) in [5, 5.41) is 13.5. The van der Waals surface area contributed by atoms with Gasteiger partial charge < -0.3 is 9.84 Å². The fraction of sp³-hybridized carbons (Fsp3) is 0.111. The monoisotopic (exact) mass is 390 g/mol. The lowest BCUT2D eigenvalue weighted by atomic mass is 10.1. The molecule has 2 N–H and O–H groups in total. The van der Waals surface area contributed by atoms with E-state index in [1.54, 1.807) is 48.5 Å². The molecule has 0 saturated carbocycles. The van der Waals surface area contributed by atoms with Gasteiger partial charge in [0.25, 0.3) is 5.56 Å². The zero-order valence-corrected chi connectivity index (χ0v) is 15.3. The summed E-state index contributed by atoms with van der Waals surface area (Å²) >= 11 is 7.20. The molecular formula is C18H15ClN2O4S. The van der Waals surface area contributed by atoms with Crippen LogP contribution in [-0.2, 0) is 11.3 Å². The summed E-state index contributed by atoms with van der Waals surface area (Å²) in [5.41, 5.74) is 0.699. The molecule has 0 radical (unpaired) electrons. The molecule has 0 unspecified atom stereocenters. The minimum atomic E-state index is -0.452. The Kier molecular flexibility index (Phi) is 5.39. The molecular weight excluding hydrogens is 376 g/mol. The summed E-state index contributed by atoms with van der Waals surface area (Å²) in [6.07, 6.45) is 0. The quantitative estimate of drug-likeness (QED) is 0.651. The van der Waals surface area contributed by atoms with E-state index in [0.29, 0.717) is 15.5 Å². The van der Waals surface area contributed by atoms with Crippen LogP contribution in [0.5, 0.6) is 5.88 Å². The number of esters is 1. The van der Waals surface area contributed by atoms with Gasteiger partial charge in [0.2, 0.25) is 5.88 Å². The van der Waals surface area contributed by atoms with Gasteiger partial charge in [0.1, 0.15) is 4.90 Å². The number of aromatic nitrogens is 2. The highest BCUT2D eigenvalue weighted by Gasteiger charge is 2.17. The fourth-order valence-electron chi connectivity index (χ4n) is 2.39. The molecule has 0 spiro atoms. The number of carbonyl (C=O) groups is 1. The zero-order valence-electron chi connectivity index (χ0n) is 13.7. The van der Waals surface area contributed by atoms with E-state index in [2.05, 4.69) is 5.10 Å². The Morgan fingerprint density at radius 1 is 1.27 bits per heavy atom. The fourth-order valence-corrected chi connectivity index (χ4v) is 3.51. The molecule has 6 nitrogen and oxygen atoms in total. The third-order valence-electron chi connectivity index (χ3n) is 3.64. The van der Waals surface area contributed by atoms with Crippen LogP contribution in [0.3, 0.4) is 0 Å². The Bertz CT molecular complexity index is 1010. The molecule has 0 atom stereocenters. The molecule has 0 aliphatic carbocycles. The number of benzene rings is 2. The number of carbonyl (C=O) groups excluding carboxylic acids is 1. The van der Waals surface area contributed by atoms with Crippen LogP contribution in [0.4, 0.5) is 0 Å². The number of nitrogens with zero attached hydrogens (tertiary/aromatic N) is 1. The largest absolute Gasteiger partial charge is 0.493 e. The standard InChI is InChI=1S/C18H15ClN2O4S/c1-25-18(24)12-6-4-5-11(9-12)10-21-17(23)15(16(22)20-21)26-14-8-3-2-7-13(14)19/h2-9,23H,10H2,1H3,(H,20,22). The van der Waals surface area contributed by atoms with Gasteiger partial charge in [-0.1, -0.05) is 47.6 Å². The third-order valence-corrected chi connectivity index (χ3v) is 5.23. The number of nitrogens with one attached hydrogen (secondary N) is 1. The molecule has 134 valence electrons. The predicted octanol–water partition coefficient (Wildman–Crippen LogP) is 3.52. The van der Waals surface area contributed by atoms with Crippen molar-refractivity contribution in [3.8, 4) is 5.88 Å². The first-order valence-corrected chi connectivity index (χ1v) is 8.80.